The number of pyridine rings is 1. The molecule has 0 saturated carbocycles. The van der Waals surface area contributed by atoms with Crippen molar-refractivity contribution in [2.24, 2.45) is 0 Å². The van der Waals surface area contributed by atoms with Crippen molar-refractivity contribution in [1.82, 2.24) is 10.3 Å². The van der Waals surface area contributed by atoms with Gasteiger partial charge in [0.1, 0.15) is 0 Å². The van der Waals surface area contributed by atoms with Crippen molar-refractivity contribution in [3.63, 3.8) is 0 Å². The van der Waals surface area contributed by atoms with E-state index >= 15 is 0 Å². The van der Waals surface area contributed by atoms with Crippen molar-refractivity contribution in [3.05, 3.63) is 52.7 Å². The quantitative estimate of drug-likeness (QED) is 0.869. The fourth-order valence-corrected chi connectivity index (χ4v) is 2.46. The van der Waals surface area contributed by atoms with Crippen molar-refractivity contribution in [2.45, 2.75) is 53.6 Å². The monoisotopic (exact) mass is 282 g/mol. The van der Waals surface area contributed by atoms with Crippen LogP contribution in [0.25, 0.3) is 11.3 Å². The van der Waals surface area contributed by atoms with Crippen molar-refractivity contribution in [2.75, 3.05) is 0 Å². The molecule has 2 aromatic rings. The highest BCUT2D eigenvalue weighted by molar-refractivity contribution is 5.64. The van der Waals surface area contributed by atoms with Crippen LogP contribution in [0.4, 0.5) is 0 Å². The van der Waals surface area contributed by atoms with E-state index < -0.39 is 0 Å². The topological polar surface area (TPSA) is 24.9 Å². The van der Waals surface area contributed by atoms with Gasteiger partial charge in [-0.05, 0) is 51.3 Å². The molecule has 112 valence electrons. The Morgan fingerprint density at radius 1 is 1.10 bits per heavy atom. The maximum absolute atomic E-state index is 4.80. The first-order valence-electron chi connectivity index (χ1n) is 7.78. The highest BCUT2D eigenvalue weighted by atomic mass is 14.9. The molecule has 1 N–H and O–H groups in total. The Morgan fingerprint density at radius 2 is 1.86 bits per heavy atom. The van der Waals surface area contributed by atoms with Gasteiger partial charge in [-0.1, -0.05) is 36.8 Å². The smallest absolute Gasteiger partial charge is 0.0708 e. The van der Waals surface area contributed by atoms with E-state index in [2.05, 4.69) is 70.3 Å². The highest BCUT2D eigenvalue weighted by Crippen LogP contribution is 2.23. The summed E-state index contributed by atoms with van der Waals surface area (Å²) in [7, 11) is 0. The zero-order valence-corrected chi connectivity index (χ0v) is 13.8. The molecule has 0 bridgehead atoms. The lowest BCUT2D eigenvalue weighted by Gasteiger charge is -2.14. The molecule has 0 fully saturated rings. The third-order valence-corrected chi connectivity index (χ3v) is 4.11. The molecule has 1 aromatic carbocycles. The summed E-state index contributed by atoms with van der Waals surface area (Å²) in [5, 5.41) is 3.53. The number of aromatic nitrogens is 1. The minimum Gasteiger partial charge on any atom is -0.310 e. The van der Waals surface area contributed by atoms with Crippen molar-refractivity contribution in [1.29, 1.82) is 0 Å². The number of hydrogen-bond acceptors (Lipinski definition) is 2. The van der Waals surface area contributed by atoms with E-state index in [1.807, 2.05) is 0 Å². The van der Waals surface area contributed by atoms with Crippen LogP contribution in [-0.2, 0) is 6.54 Å². The summed E-state index contributed by atoms with van der Waals surface area (Å²) in [5.74, 6) is 0. The number of benzene rings is 1. The first-order valence-corrected chi connectivity index (χ1v) is 7.78. The molecule has 0 aliphatic heterocycles. The van der Waals surface area contributed by atoms with Gasteiger partial charge in [0.15, 0.2) is 0 Å². The summed E-state index contributed by atoms with van der Waals surface area (Å²) in [6, 6.07) is 11.4. The van der Waals surface area contributed by atoms with Crippen LogP contribution in [0, 0.1) is 20.8 Å². The fourth-order valence-electron chi connectivity index (χ4n) is 2.46. The number of rotatable bonds is 5. The zero-order chi connectivity index (χ0) is 15.4. The zero-order valence-electron chi connectivity index (χ0n) is 13.8. The maximum Gasteiger partial charge on any atom is 0.0708 e. The lowest BCUT2D eigenvalue weighted by Crippen LogP contribution is -2.24. The Kier molecular flexibility index (Phi) is 5.13. The molecule has 1 atom stereocenters. The Morgan fingerprint density at radius 3 is 2.48 bits per heavy atom. The fraction of sp³-hybridized carbons (Fsp3) is 0.421. The normalized spacial score (nSPS) is 12.4. The minimum atomic E-state index is 0.545. The van der Waals surface area contributed by atoms with E-state index in [9.17, 15) is 0 Å². The van der Waals surface area contributed by atoms with Crippen LogP contribution in [-0.4, -0.2) is 11.0 Å². The van der Waals surface area contributed by atoms with Gasteiger partial charge in [-0.3, -0.25) is 4.98 Å². The van der Waals surface area contributed by atoms with Crippen LogP contribution in [0.3, 0.4) is 0 Å². The van der Waals surface area contributed by atoms with Crippen molar-refractivity contribution < 1.29 is 0 Å². The van der Waals surface area contributed by atoms with Crippen LogP contribution in [0.1, 0.15) is 42.7 Å². The molecule has 0 aliphatic carbocycles. The van der Waals surface area contributed by atoms with Gasteiger partial charge in [0, 0.05) is 23.8 Å². The Bertz CT molecular complexity index is 617. The SMILES string of the molecule is CCC(C)NCc1ccc(-c2ccc(C)cc2C)nc1C. The van der Waals surface area contributed by atoms with Crippen LogP contribution in [0.15, 0.2) is 30.3 Å². The third-order valence-electron chi connectivity index (χ3n) is 4.11. The predicted molar refractivity (Wildman–Crippen MR) is 90.5 cm³/mol. The van der Waals surface area contributed by atoms with Crippen molar-refractivity contribution >= 4 is 0 Å². The lowest BCUT2D eigenvalue weighted by atomic mass is 10.0. The standard InChI is InChI=1S/C19H26N2/c1-6-15(4)20-12-17-8-10-19(21-16(17)5)18-9-7-13(2)11-14(18)3/h7-11,15,20H,6,12H2,1-5H3. The van der Waals surface area contributed by atoms with Crippen LogP contribution >= 0.6 is 0 Å². The van der Waals surface area contributed by atoms with Gasteiger partial charge in [-0.2, -0.15) is 0 Å². The number of hydrogen-bond donors (Lipinski definition) is 1. The summed E-state index contributed by atoms with van der Waals surface area (Å²) in [6.45, 7) is 11.7. The molecule has 2 heteroatoms. The van der Waals surface area contributed by atoms with E-state index in [4.69, 9.17) is 4.98 Å². The average Bonchev–Trinajstić information content (AvgIpc) is 2.45. The molecule has 0 spiro atoms. The molecule has 0 radical (unpaired) electrons. The van der Waals surface area contributed by atoms with Gasteiger partial charge >= 0.3 is 0 Å². The van der Waals surface area contributed by atoms with Crippen LogP contribution < -0.4 is 5.32 Å². The van der Waals surface area contributed by atoms with Gasteiger partial charge in [-0.15, -0.1) is 0 Å². The van der Waals surface area contributed by atoms with Crippen molar-refractivity contribution in [3.8, 4) is 11.3 Å². The first kappa shape index (κ1) is 15.7. The molecule has 0 saturated heterocycles. The number of nitrogens with zero attached hydrogens (tertiary/aromatic N) is 1. The Hall–Kier alpha value is -1.67. The van der Waals surface area contributed by atoms with Gasteiger partial charge in [0.2, 0.25) is 0 Å². The summed E-state index contributed by atoms with van der Waals surface area (Å²) in [6.07, 6.45) is 1.15. The molecule has 0 amide bonds. The number of aryl methyl sites for hydroxylation is 3. The molecule has 0 aliphatic rings. The molecular weight excluding hydrogens is 256 g/mol. The second-order valence-electron chi connectivity index (χ2n) is 5.95. The van der Waals surface area contributed by atoms with E-state index in [0.29, 0.717) is 6.04 Å². The lowest BCUT2D eigenvalue weighted by molar-refractivity contribution is 0.532. The minimum absolute atomic E-state index is 0.545. The number of nitrogens with one attached hydrogen (secondary N) is 1. The third kappa shape index (κ3) is 3.92. The van der Waals surface area contributed by atoms with E-state index in [1.165, 1.54) is 22.3 Å². The second kappa shape index (κ2) is 6.86. The molecular formula is C19H26N2. The molecule has 1 unspecified atom stereocenters. The second-order valence-corrected chi connectivity index (χ2v) is 5.95. The molecule has 1 aromatic heterocycles. The summed E-state index contributed by atoms with van der Waals surface area (Å²) < 4.78 is 0. The van der Waals surface area contributed by atoms with Gasteiger partial charge in [0.25, 0.3) is 0 Å². The highest BCUT2D eigenvalue weighted by Gasteiger charge is 2.07. The predicted octanol–water partition coefficient (Wildman–Crippen LogP) is 4.56. The summed E-state index contributed by atoms with van der Waals surface area (Å²) >= 11 is 0. The van der Waals surface area contributed by atoms with Gasteiger partial charge in [-0.25, -0.2) is 0 Å². The average molecular weight is 282 g/mol. The Labute approximate surface area is 128 Å². The van der Waals surface area contributed by atoms with E-state index in [1.54, 1.807) is 0 Å². The van der Waals surface area contributed by atoms with Crippen LogP contribution in [0.2, 0.25) is 0 Å². The van der Waals surface area contributed by atoms with E-state index in [0.717, 1.165) is 24.4 Å². The summed E-state index contributed by atoms with van der Waals surface area (Å²) in [5.41, 5.74) is 7.27. The van der Waals surface area contributed by atoms with Gasteiger partial charge < -0.3 is 5.32 Å². The molecule has 1 heterocycles. The van der Waals surface area contributed by atoms with E-state index in [-0.39, 0.29) is 0 Å². The van der Waals surface area contributed by atoms with Gasteiger partial charge in [0.05, 0.1) is 5.69 Å². The molecule has 2 rings (SSSR count). The molecule has 2 nitrogen and oxygen atoms in total. The Balaban J connectivity index is 2.22. The largest absolute Gasteiger partial charge is 0.310 e. The maximum atomic E-state index is 4.80. The van der Waals surface area contributed by atoms with Crippen LogP contribution in [0.5, 0.6) is 0 Å². The summed E-state index contributed by atoms with van der Waals surface area (Å²) in [4.78, 5) is 4.80. The molecule has 21 heavy (non-hydrogen) atoms. The first-order chi connectivity index (χ1) is 10.0.